The predicted molar refractivity (Wildman–Crippen MR) is 49.9 cm³/mol. The van der Waals surface area contributed by atoms with Crippen molar-refractivity contribution in [2.75, 3.05) is 6.54 Å². The summed E-state index contributed by atoms with van der Waals surface area (Å²) in [7, 11) is 0. The maximum atomic E-state index is 4.99. The Bertz CT molecular complexity index is 216. The Hall–Kier alpha value is -1.02. The van der Waals surface area contributed by atoms with Crippen molar-refractivity contribution < 1.29 is 4.42 Å². The van der Waals surface area contributed by atoms with Crippen molar-refractivity contribution in [2.45, 2.75) is 19.4 Å². The van der Waals surface area contributed by atoms with E-state index < -0.39 is 0 Å². The molecule has 0 amide bonds. The van der Waals surface area contributed by atoms with Crippen LogP contribution >= 0.6 is 0 Å². The number of nitrogens with one attached hydrogen (secondary N) is 1. The standard InChI is InChI=1S/C10H15NO/c1-3-6-11-10(4-2)9-5-7-12-8-9/h4-5,7-8,10-11H,2-3,6H2,1H3. The van der Waals surface area contributed by atoms with Crippen LogP contribution in [0.25, 0.3) is 0 Å². The summed E-state index contributed by atoms with van der Waals surface area (Å²) in [5.41, 5.74) is 1.14. The maximum absolute atomic E-state index is 4.99. The summed E-state index contributed by atoms with van der Waals surface area (Å²) in [6.07, 6.45) is 6.44. The van der Waals surface area contributed by atoms with Gasteiger partial charge in [0.05, 0.1) is 18.6 Å². The monoisotopic (exact) mass is 165 g/mol. The first kappa shape index (κ1) is 9.07. The second kappa shape index (κ2) is 4.78. The van der Waals surface area contributed by atoms with E-state index in [0.717, 1.165) is 18.5 Å². The smallest absolute Gasteiger partial charge is 0.0953 e. The Morgan fingerprint density at radius 3 is 3.08 bits per heavy atom. The second-order valence-electron chi connectivity index (χ2n) is 2.72. The summed E-state index contributed by atoms with van der Waals surface area (Å²) in [6, 6.07) is 2.18. The molecule has 0 aliphatic rings. The zero-order valence-corrected chi connectivity index (χ0v) is 7.42. The molecule has 1 atom stereocenters. The molecule has 0 spiro atoms. The number of hydrogen-bond acceptors (Lipinski definition) is 2. The van der Waals surface area contributed by atoms with Crippen LogP contribution in [0.5, 0.6) is 0 Å². The molecule has 1 aromatic rings. The minimum atomic E-state index is 0.226. The van der Waals surface area contributed by atoms with Crippen LogP contribution in [0.4, 0.5) is 0 Å². The third-order valence-electron chi connectivity index (χ3n) is 1.75. The Morgan fingerprint density at radius 1 is 1.75 bits per heavy atom. The van der Waals surface area contributed by atoms with Crippen LogP contribution in [0.3, 0.4) is 0 Å². The molecule has 12 heavy (non-hydrogen) atoms. The van der Waals surface area contributed by atoms with E-state index in [1.165, 1.54) is 0 Å². The SMILES string of the molecule is C=CC(NCCC)c1ccoc1. The highest BCUT2D eigenvalue weighted by Gasteiger charge is 2.05. The van der Waals surface area contributed by atoms with E-state index in [2.05, 4.69) is 18.8 Å². The number of hydrogen-bond donors (Lipinski definition) is 1. The highest BCUT2D eigenvalue weighted by Crippen LogP contribution is 2.13. The van der Waals surface area contributed by atoms with Crippen molar-refractivity contribution in [1.82, 2.24) is 5.32 Å². The summed E-state index contributed by atoms with van der Waals surface area (Å²) < 4.78 is 4.99. The molecule has 1 heterocycles. The molecule has 1 aromatic heterocycles. The summed E-state index contributed by atoms with van der Waals surface area (Å²) in [4.78, 5) is 0. The van der Waals surface area contributed by atoms with Gasteiger partial charge in [-0.3, -0.25) is 0 Å². The minimum absolute atomic E-state index is 0.226. The van der Waals surface area contributed by atoms with E-state index >= 15 is 0 Å². The summed E-state index contributed by atoms with van der Waals surface area (Å²) in [5, 5.41) is 3.34. The van der Waals surface area contributed by atoms with Crippen LogP contribution in [0.15, 0.2) is 35.7 Å². The zero-order valence-electron chi connectivity index (χ0n) is 7.42. The lowest BCUT2D eigenvalue weighted by Gasteiger charge is -2.11. The molecule has 0 aliphatic carbocycles. The number of furan rings is 1. The van der Waals surface area contributed by atoms with Crippen molar-refractivity contribution in [3.63, 3.8) is 0 Å². The fourth-order valence-electron chi connectivity index (χ4n) is 1.09. The van der Waals surface area contributed by atoms with Crippen LogP contribution in [0.2, 0.25) is 0 Å². The van der Waals surface area contributed by atoms with Crippen molar-refractivity contribution in [2.24, 2.45) is 0 Å². The van der Waals surface area contributed by atoms with Crippen LogP contribution in [-0.4, -0.2) is 6.54 Å². The fourth-order valence-corrected chi connectivity index (χ4v) is 1.09. The molecular weight excluding hydrogens is 150 g/mol. The quantitative estimate of drug-likeness (QED) is 0.678. The first-order valence-corrected chi connectivity index (χ1v) is 4.26. The molecular formula is C10H15NO. The molecule has 0 saturated carbocycles. The fraction of sp³-hybridized carbons (Fsp3) is 0.400. The van der Waals surface area contributed by atoms with Crippen LogP contribution in [0, 0.1) is 0 Å². The molecule has 2 heteroatoms. The minimum Gasteiger partial charge on any atom is -0.472 e. The van der Waals surface area contributed by atoms with Gasteiger partial charge in [-0.2, -0.15) is 0 Å². The van der Waals surface area contributed by atoms with Gasteiger partial charge in [-0.1, -0.05) is 13.0 Å². The summed E-state index contributed by atoms with van der Waals surface area (Å²) in [6.45, 7) is 6.91. The Labute approximate surface area is 73.3 Å². The molecule has 0 saturated heterocycles. The van der Waals surface area contributed by atoms with Gasteiger partial charge < -0.3 is 9.73 Å². The largest absolute Gasteiger partial charge is 0.472 e. The molecule has 1 unspecified atom stereocenters. The normalized spacial score (nSPS) is 12.8. The maximum Gasteiger partial charge on any atom is 0.0953 e. The molecule has 2 nitrogen and oxygen atoms in total. The van der Waals surface area contributed by atoms with Gasteiger partial charge in [0, 0.05) is 5.56 Å². The lowest BCUT2D eigenvalue weighted by Crippen LogP contribution is -2.19. The first-order chi connectivity index (χ1) is 5.88. The van der Waals surface area contributed by atoms with Crippen LogP contribution in [-0.2, 0) is 0 Å². The van der Waals surface area contributed by atoms with Gasteiger partial charge in [0.15, 0.2) is 0 Å². The topological polar surface area (TPSA) is 25.2 Å². The van der Waals surface area contributed by atoms with Gasteiger partial charge >= 0.3 is 0 Å². The average Bonchev–Trinajstić information content (AvgIpc) is 2.59. The Kier molecular flexibility index (Phi) is 3.61. The van der Waals surface area contributed by atoms with E-state index in [1.54, 1.807) is 12.5 Å². The molecule has 0 bridgehead atoms. The molecule has 0 aliphatic heterocycles. The van der Waals surface area contributed by atoms with E-state index in [1.807, 2.05) is 12.1 Å². The van der Waals surface area contributed by atoms with Gasteiger partial charge in [0.25, 0.3) is 0 Å². The van der Waals surface area contributed by atoms with Gasteiger partial charge in [-0.15, -0.1) is 6.58 Å². The number of rotatable bonds is 5. The average molecular weight is 165 g/mol. The van der Waals surface area contributed by atoms with Crippen LogP contribution in [0.1, 0.15) is 24.9 Å². The molecule has 0 fully saturated rings. The molecule has 1 rings (SSSR count). The summed E-state index contributed by atoms with van der Waals surface area (Å²) >= 11 is 0. The van der Waals surface area contributed by atoms with Crippen LogP contribution < -0.4 is 5.32 Å². The van der Waals surface area contributed by atoms with Gasteiger partial charge in [0.2, 0.25) is 0 Å². The highest BCUT2D eigenvalue weighted by molar-refractivity contribution is 5.16. The van der Waals surface area contributed by atoms with Crippen molar-refractivity contribution in [3.05, 3.63) is 36.8 Å². The molecule has 66 valence electrons. The van der Waals surface area contributed by atoms with Gasteiger partial charge in [-0.05, 0) is 19.0 Å². The zero-order chi connectivity index (χ0) is 8.81. The highest BCUT2D eigenvalue weighted by atomic mass is 16.3. The second-order valence-corrected chi connectivity index (χ2v) is 2.72. The lowest BCUT2D eigenvalue weighted by molar-refractivity contribution is 0.552. The Morgan fingerprint density at radius 2 is 2.58 bits per heavy atom. The third kappa shape index (κ3) is 2.24. The third-order valence-corrected chi connectivity index (χ3v) is 1.75. The van der Waals surface area contributed by atoms with Crippen molar-refractivity contribution in [3.8, 4) is 0 Å². The molecule has 1 N–H and O–H groups in total. The first-order valence-electron chi connectivity index (χ1n) is 4.26. The van der Waals surface area contributed by atoms with E-state index in [9.17, 15) is 0 Å². The van der Waals surface area contributed by atoms with Crippen molar-refractivity contribution >= 4 is 0 Å². The van der Waals surface area contributed by atoms with Gasteiger partial charge in [-0.25, -0.2) is 0 Å². The predicted octanol–water partition coefficient (Wildman–Crippen LogP) is 2.51. The van der Waals surface area contributed by atoms with E-state index in [-0.39, 0.29) is 6.04 Å². The summed E-state index contributed by atoms with van der Waals surface area (Å²) in [5.74, 6) is 0. The Balaban J connectivity index is 2.51. The van der Waals surface area contributed by atoms with E-state index in [4.69, 9.17) is 4.42 Å². The molecule has 0 radical (unpaired) electrons. The lowest BCUT2D eigenvalue weighted by atomic mass is 10.1. The van der Waals surface area contributed by atoms with Crippen molar-refractivity contribution in [1.29, 1.82) is 0 Å². The van der Waals surface area contributed by atoms with E-state index in [0.29, 0.717) is 0 Å². The molecule has 0 aromatic carbocycles. The van der Waals surface area contributed by atoms with Gasteiger partial charge in [0.1, 0.15) is 0 Å².